The molecule has 1 N–H and O–H groups in total. The lowest BCUT2D eigenvalue weighted by atomic mass is 10.0. The third-order valence-electron chi connectivity index (χ3n) is 5.06. The fourth-order valence-corrected chi connectivity index (χ4v) is 4.07. The van der Waals surface area contributed by atoms with Gasteiger partial charge in [0.05, 0.1) is 11.4 Å². The number of thioether (sulfide) groups is 1. The number of nitrogens with one attached hydrogen (secondary N) is 1. The number of carbonyl (C=O) groups excluding carboxylic acids is 1. The second kappa shape index (κ2) is 9.40. The van der Waals surface area contributed by atoms with Crippen LogP contribution in [0.4, 0.5) is 14.5 Å². The summed E-state index contributed by atoms with van der Waals surface area (Å²) < 4.78 is 28.0. The highest BCUT2D eigenvalue weighted by Crippen LogP contribution is 2.25. The van der Waals surface area contributed by atoms with Gasteiger partial charge in [-0.15, -0.1) is 10.2 Å². The minimum absolute atomic E-state index is 0.00251. The van der Waals surface area contributed by atoms with Crippen molar-refractivity contribution in [1.82, 2.24) is 19.8 Å². The first kappa shape index (κ1) is 21.7. The molecular formula is C25H17F2N5OS. The summed E-state index contributed by atoms with van der Waals surface area (Å²) in [6, 6.07) is 25.1. The van der Waals surface area contributed by atoms with E-state index in [1.165, 1.54) is 6.07 Å². The molecule has 0 saturated carbocycles. The van der Waals surface area contributed by atoms with Crippen molar-refractivity contribution in [3.63, 3.8) is 0 Å². The predicted molar refractivity (Wildman–Crippen MR) is 127 cm³/mol. The summed E-state index contributed by atoms with van der Waals surface area (Å²) in [4.78, 5) is 12.3. The number of anilines is 1. The number of benzene rings is 3. The third kappa shape index (κ3) is 4.65. The molecule has 0 fully saturated rings. The van der Waals surface area contributed by atoms with Crippen LogP contribution in [0.5, 0.6) is 0 Å². The van der Waals surface area contributed by atoms with Gasteiger partial charge < -0.3 is 5.32 Å². The smallest absolute Gasteiger partial charge is 0.234 e. The maximum atomic E-state index is 13.3. The van der Waals surface area contributed by atoms with Crippen LogP contribution in [0.25, 0.3) is 28.0 Å². The molecule has 0 aliphatic carbocycles. The number of hydrogen-bond donors (Lipinski definition) is 1. The van der Waals surface area contributed by atoms with E-state index in [1.54, 1.807) is 4.52 Å². The summed E-state index contributed by atoms with van der Waals surface area (Å²) in [6.07, 6.45) is 0. The fourth-order valence-electron chi connectivity index (χ4n) is 3.38. The van der Waals surface area contributed by atoms with E-state index in [0.717, 1.165) is 46.3 Å². The number of aromatic nitrogens is 4. The van der Waals surface area contributed by atoms with Gasteiger partial charge >= 0.3 is 0 Å². The number of halogens is 2. The summed E-state index contributed by atoms with van der Waals surface area (Å²) in [5.74, 6) is -2.39. The Morgan fingerprint density at radius 3 is 2.32 bits per heavy atom. The Morgan fingerprint density at radius 2 is 1.56 bits per heavy atom. The van der Waals surface area contributed by atoms with Gasteiger partial charge in [-0.1, -0.05) is 66.4 Å². The average molecular weight is 474 g/mol. The minimum Gasteiger partial charge on any atom is -0.325 e. The molecule has 0 bridgehead atoms. The van der Waals surface area contributed by atoms with Gasteiger partial charge in [0.25, 0.3) is 0 Å². The second-order valence-electron chi connectivity index (χ2n) is 7.38. The van der Waals surface area contributed by atoms with Crippen LogP contribution in [0.1, 0.15) is 0 Å². The van der Waals surface area contributed by atoms with Crippen molar-refractivity contribution in [2.75, 3.05) is 11.1 Å². The third-order valence-corrected chi connectivity index (χ3v) is 5.98. The fraction of sp³-hybridized carbons (Fsp3) is 0.0400. The van der Waals surface area contributed by atoms with Crippen LogP contribution < -0.4 is 5.32 Å². The lowest BCUT2D eigenvalue weighted by Crippen LogP contribution is -2.14. The molecule has 1 amide bonds. The van der Waals surface area contributed by atoms with E-state index in [4.69, 9.17) is 0 Å². The summed E-state index contributed by atoms with van der Waals surface area (Å²) in [6.45, 7) is 0. The first-order valence-corrected chi connectivity index (χ1v) is 11.3. The van der Waals surface area contributed by atoms with Crippen LogP contribution in [-0.4, -0.2) is 31.5 Å². The molecule has 3 aromatic carbocycles. The van der Waals surface area contributed by atoms with Crippen molar-refractivity contribution in [3.8, 4) is 22.4 Å². The van der Waals surface area contributed by atoms with Crippen LogP contribution in [0.15, 0.2) is 90.1 Å². The summed E-state index contributed by atoms with van der Waals surface area (Å²) in [5, 5.41) is 15.8. The Kier molecular flexibility index (Phi) is 6.01. The SMILES string of the molecule is O=C(CSc1nnc2ccc(-c3ccc(-c4ccccc4)cc3)nn12)Nc1ccc(F)c(F)c1. The summed E-state index contributed by atoms with van der Waals surface area (Å²) in [5.41, 5.74) is 4.64. The summed E-state index contributed by atoms with van der Waals surface area (Å²) >= 11 is 1.14. The molecule has 168 valence electrons. The van der Waals surface area contributed by atoms with E-state index in [0.29, 0.717) is 10.8 Å². The number of hydrogen-bond acceptors (Lipinski definition) is 5. The number of rotatable bonds is 6. The molecule has 0 aliphatic rings. The predicted octanol–water partition coefficient (Wildman–Crippen LogP) is 5.47. The van der Waals surface area contributed by atoms with Gasteiger partial charge in [0.1, 0.15) is 0 Å². The molecule has 9 heteroatoms. The van der Waals surface area contributed by atoms with E-state index in [1.807, 2.05) is 54.6 Å². The van der Waals surface area contributed by atoms with Crippen molar-refractivity contribution in [3.05, 3.63) is 96.6 Å². The number of carbonyl (C=O) groups is 1. The largest absolute Gasteiger partial charge is 0.325 e. The van der Waals surface area contributed by atoms with Crippen LogP contribution in [0.2, 0.25) is 0 Å². The van der Waals surface area contributed by atoms with E-state index >= 15 is 0 Å². The number of fused-ring (bicyclic) bond motifs is 1. The zero-order valence-corrected chi connectivity index (χ0v) is 18.5. The molecule has 0 atom stereocenters. The summed E-state index contributed by atoms with van der Waals surface area (Å²) in [7, 11) is 0. The molecule has 2 aromatic heterocycles. The molecule has 0 aliphatic heterocycles. The Morgan fingerprint density at radius 1 is 0.824 bits per heavy atom. The van der Waals surface area contributed by atoms with Gasteiger partial charge in [-0.05, 0) is 35.4 Å². The van der Waals surface area contributed by atoms with Crippen molar-refractivity contribution >= 4 is 29.0 Å². The van der Waals surface area contributed by atoms with E-state index in [-0.39, 0.29) is 17.3 Å². The standard InChI is InChI=1S/C25H17F2N5OS/c26-20-11-10-19(14-21(20)27)28-24(33)15-34-25-30-29-23-13-12-22(31-32(23)25)18-8-6-17(7-9-18)16-4-2-1-3-5-16/h1-14H,15H2,(H,28,33). The normalized spacial score (nSPS) is 11.0. The molecule has 34 heavy (non-hydrogen) atoms. The Bertz CT molecular complexity index is 1470. The van der Waals surface area contributed by atoms with Gasteiger partial charge in [-0.2, -0.15) is 9.61 Å². The van der Waals surface area contributed by atoms with Crippen LogP contribution >= 0.6 is 11.8 Å². The number of nitrogens with zero attached hydrogens (tertiary/aromatic N) is 4. The van der Waals surface area contributed by atoms with E-state index < -0.39 is 11.6 Å². The molecule has 5 rings (SSSR count). The second-order valence-corrected chi connectivity index (χ2v) is 8.32. The van der Waals surface area contributed by atoms with Crippen LogP contribution in [0.3, 0.4) is 0 Å². The molecule has 6 nitrogen and oxygen atoms in total. The highest BCUT2D eigenvalue weighted by Gasteiger charge is 2.13. The van der Waals surface area contributed by atoms with Gasteiger partial charge in [0, 0.05) is 17.3 Å². The molecule has 0 saturated heterocycles. The Balaban J connectivity index is 1.31. The van der Waals surface area contributed by atoms with Crippen LogP contribution in [0, 0.1) is 11.6 Å². The van der Waals surface area contributed by atoms with Gasteiger partial charge in [-0.3, -0.25) is 4.79 Å². The van der Waals surface area contributed by atoms with Gasteiger partial charge in [-0.25, -0.2) is 8.78 Å². The first-order chi connectivity index (χ1) is 16.6. The zero-order chi connectivity index (χ0) is 23.5. The Labute approximate surface area is 197 Å². The topological polar surface area (TPSA) is 72.2 Å². The van der Waals surface area contributed by atoms with Gasteiger partial charge in [0.2, 0.25) is 11.1 Å². The lowest BCUT2D eigenvalue weighted by molar-refractivity contribution is -0.113. The monoisotopic (exact) mass is 473 g/mol. The van der Waals surface area contributed by atoms with Gasteiger partial charge in [0.15, 0.2) is 17.3 Å². The van der Waals surface area contributed by atoms with Crippen molar-refractivity contribution in [2.45, 2.75) is 5.16 Å². The lowest BCUT2D eigenvalue weighted by Gasteiger charge is -2.06. The number of amides is 1. The average Bonchev–Trinajstić information content (AvgIpc) is 3.28. The maximum absolute atomic E-state index is 13.3. The first-order valence-electron chi connectivity index (χ1n) is 10.3. The van der Waals surface area contributed by atoms with Crippen molar-refractivity contribution in [1.29, 1.82) is 0 Å². The molecule has 0 radical (unpaired) electrons. The highest BCUT2D eigenvalue weighted by atomic mass is 32.2. The highest BCUT2D eigenvalue weighted by molar-refractivity contribution is 7.99. The van der Waals surface area contributed by atoms with Crippen molar-refractivity contribution in [2.24, 2.45) is 0 Å². The van der Waals surface area contributed by atoms with Crippen LogP contribution in [-0.2, 0) is 4.79 Å². The molecule has 2 heterocycles. The Hall–Kier alpha value is -4.11. The minimum atomic E-state index is -1.03. The molecular weight excluding hydrogens is 456 g/mol. The van der Waals surface area contributed by atoms with Crippen molar-refractivity contribution < 1.29 is 13.6 Å². The maximum Gasteiger partial charge on any atom is 0.234 e. The van der Waals surface area contributed by atoms with E-state index in [9.17, 15) is 13.6 Å². The van der Waals surface area contributed by atoms with E-state index in [2.05, 4.69) is 32.7 Å². The molecule has 0 spiro atoms. The molecule has 0 unspecified atom stereocenters. The quantitative estimate of drug-likeness (QED) is 0.331. The zero-order valence-electron chi connectivity index (χ0n) is 17.7. The molecule has 5 aromatic rings.